The lowest BCUT2D eigenvalue weighted by Crippen LogP contribution is -2.01. The van der Waals surface area contributed by atoms with Gasteiger partial charge in [0.2, 0.25) is 0 Å². The maximum Gasteiger partial charge on any atom is 0.0951 e. The number of nitrogens with zero attached hydrogens (tertiary/aromatic N) is 1. The number of nitriles is 1. The van der Waals surface area contributed by atoms with Gasteiger partial charge in [0.15, 0.2) is 0 Å². The molecule has 0 spiro atoms. The zero-order valence-corrected chi connectivity index (χ0v) is 5.54. The van der Waals surface area contributed by atoms with Crippen molar-refractivity contribution in [1.29, 1.82) is 5.26 Å². The zero-order valence-electron chi connectivity index (χ0n) is 5.54. The van der Waals surface area contributed by atoms with E-state index in [1.165, 1.54) is 0 Å². The fraction of sp³-hybridized carbons (Fsp3) is 0.375. The van der Waals surface area contributed by atoms with Crippen LogP contribution in [0.3, 0.4) is 0 Å². The van der Waals surface area contributed by atoms with Gasteiger partial charge in [-0.1, -0.05) is 6.08 Å². The lowest BCUT2D eigenvalue weighted by Gasteiger charge is -2.01. The van der Waals surface area contributed by atoms with Crippen molar-refractivity contribution in [2.24, 2.45) is 17.6 Å². The Hall–Kier alpha value is -1.23. The first-order valence-electron chi connectivity index (χ1n) is 3.40. The molecular formula is C8H8N2. The van der Waals surface area contributed by atoms with E-state index in [0.717, 1.165) is 17.7 Å². The van der Waals surface area contributed by atoms with Gasteiger partial charge in [0, 0.05) is 17.2 Å². The summed E-state index contributed by atoms with van der Waals surface area (Å²) < 4.78 is 0. The first-order chi connectivity index (χ1) is 4.81. The number of allylic oxidation sites excluding steroid dienone is 3. The second kappa shape index (κ2) is 1.63. The largest absolute Gasteiger partial charge is 0.399 e. The third-order valence-electron chi connectivity index (χ3n) is 2.10. The molecule has 0 bridgehead atoms. The summed E-state index contributed by atoms with van der Waals surface area (Å²) in [5.41, 5.74) is 7.18. The van der Waals surface area contributed by atoms with Gasteiger partial charge < -0.3 is 5.73 Å². The molecule has 0 heterocycles. The fourth-order valence-electron chi connectivity index (χ4n) is 1.45. The van der Waals surface area contributed by atoms with Crippen molar-refractivity contribution in [2.45, 2.75) is 6.42 Å². The Bertz CT molecular complexity index is 267. The van der Waals surface area contributed by atoms with Crippen LogP contribution in [0.2, 0.25) is 0 Å². The fourth-order valence-corrected chi connectivity index (χ4v) is 1.45. The minimum Gasteiger partial charge on any atom is -0.399 e. The molecule has 50 valence electrons. The van der Waals surface area contributed by atoms with Crippen molar-refractivity contribution in [3.63, 3.8) is 0 Å². The van der Waals surface area contributed by atoms with Crippen LogP contribution in [-0.2, 0) is 0 Å². The molecule has 0 aromatic carbocycles. The highest BCUT2D eigenvalue weighted by Crippen LogP contribution is 2.47. The van der Waals surface area contributed by atoms with Gasteiger partial charge >= 0.3 is 0 Å². The Morgan fingerprint density at radius 1 is 1.70 bits per heavy atom. The van der Waals surface area contributed by atoms with Crippen LogP contribution in [0.15, 0.2) is 23.4 Å². The van der Waals surface area contributed by atoms with E-state index in [1.54, 1.807) is 6.08 Å². The van der Waals surface area contributed by atoms with Gasteiger partial charge in [0.05, 0.1) is 6.07 Å². The molecular weight excluding hydrogens is 124 g/mol. The molecule has 0 saturated heterocycles. The van der Waals surface area contributed by atoms with E-state index in [-0.39, 0.29) is 0 Å². The quantitative estimate of drug-likeness (QED) is 0.533. The first kappa shape index (κ1) is 5.55. The summed E-state index contributed by atoms with van der Waals surface area (Å²) in [5, 5.41) is 8.60. The van der Waals surface area contributed by atoms with Crippen LogP contribution in [0.5, 0.6) is 0 Å². The van der Waals surface area contributed by atoms with E-state index >= 15 is 0 Å². The summed E-state index contributed by atoms with van der Waals surface area (Å²) in [6.07, 6.45) is 4.96. The smallest absolute Gasteiger partial charge is 0.0951 e. The third kappa shape index (κ3) is 0.640. The minimum atomic E-state index is 0.511. The number of hydrogen-bond acceptors (Lipinski definition) is 2. The Morgan fingerprint density at radius 2 is 2.50 bits per heavy atom. The monoisotopic (exact) mass is 132 g/mol. The van der Waals surface area contributed by atoms with Crippen LogP contribution in [-0.4, -0.2) is 0 Å². The molecule has 0 aromatic heterocycles. The molecule has 0 radical (unpaired) electrons. The van der Waals surface area contributed by atoms with Crippen LogP contribution >= 0.6 is 0 Å². The SMILES string of the molecule is N#CC1=CC(N)=CC2CC12. The van der Waals surface area contributed by atoms with Crippen LogP contribution in [0.1, 0.15) is 6.42 Å². The predicted molar refractivity (Wildman–Crippen MR) is 37.6 cm³/mol. The Labute approximate surface area is 59.6 Å². The van der Waals surface area contributed by atoms with E-state index in [4.69, 9.17) is 11.0 Å². The molecule has 2 nitrogen and oxygen atoms in total. The van der Waals surface area contributed by atoms with Crippen LogP contribution in [0.4, 0.5) is 0 Å². The van der Waals surface area contributed by atoms with Crippen molar-refractivity contribution >= 4 is 0 Å². The normalized spacial score (nSPS) is 35.1. The predicted octanol–water partition coefficient (Wildman–Crippen LogP) is 0.929. The second-order valence-corrected chi connectivity index (χ2v) is 2.88. The van der Waals surface area contributed by atoms with Crippen LogP contribution in [0.25, 0.3) is 0 Å². The van der Waals surface area contributed by atoms with Gasteiger partial charge in [0.1, 0.15) is 0 Å². The molecule has 0 aliphatic heterocycles. The van der Waals surface area contributed by atoms with Gasteiger partial charge in [-0.25, -0.2) is 0 Å². The minimum absolute atomic E-state index is 0.511. The molecule has 10 heavy (non-hydrogen) atoms. The molecule has 2 aliphatic rings. The van der Waals surface area contributed by atoms with E-state index < -0.39 is 0 Å². The Balaban J connectivity index is 2.35. The van der Waals surface area contributed by atoms with Crippen LogP contribution < -0.4 is 5.73 Å². The third-order valence-corrected chi connectivity index (χ3v) is 2.10. The molecule has 2 atom stereocenters. The summed E-state index contributed by atoms with van der Waals surface area (Å²) >= 11 is 0. The maximum absolute atomic E-state index is 8.60. The highest BCUT2D eigenvalue weighted by atomic mass is 14.6. The number of fused-ring (bicyclic) bond motifs is 1. The molecule has 2 rings (SSSR count). The van der Waals surface area contributed by atoms with Gasteiger partial charge in [-0.15, -0.1) is 0 Å². The average molecular weight is 132 g/mol. The molecule has 1 fully saturated rings. The highest BCUT2D eigenvalue weighted by Gasteiger charge is 2.40. The van der Waals surface area contributed by atoms with Crippen molar-refractivity contribution in [1.82, 2.24) is 0 Å². The van der Waals surface area contributed by atoms with Crippen molar-refractivity contribution < 1.29 is 0 Å². The average Bonchev–Trinajstić information content (AvgIpc) is 2.64. The van der Waals surface area contributed by atoms with Crippen molar-refractivity contribution in [3.05, 3.63) is 23.4 Å². The van der Waals surface area contributed by atoms with Crippen molar-refractivity contribution in [3.8, 4) is 6.07 Å². The molecule has 2 aliphatic carbocycles. The number of nitrogens with two attached hydrogens (primary N) is 1. The summed E-state index contributed by atoms with van der Waals surface area (Å²) in [4.78, 5) is 0. The van der Waals surface area contributed by atoms with Gasteiger partial charge in [-0.05, 0) is 18.4 Å². The van der Waals surface area contributed by atoms with Gasteiger partial charge in [-0.2, -0.15) is 5.26 Å². The zero-order chi connectivity index (χ0) is 7.14. The van der Waals surface area contributed by atoms with Gasteiger partial charge in [0.25, 0.3) is 0 Å². The van der Waals surface area contributed by atoms with Gasteiger partial charge in [-0.3, -0.25) is 0 Å². The summed E-state index contributed by atoms with van der Waals surface area (Å²) in [6, 6.07) is 2.17. The molecule has 0 amide bonds. The maximum atomic E-state index is 8.60. The number of rotatable bonds is 0. The summed E-state index contributed by atoms with van der Waals surface area (Å²) in [7, 11) is 0. The van der Waals surface area contributed by atoms with Crippen molar-refractivity contribution in [2.75, 3.05) is 0 Å². The molecule has 2 heteroatoms. The molecule has 2 N–H and O–H groups in total. The number of hydrogen-bond donors (Lipinski definition) is 1. The Morgan fingerprint density at radius 3 is 3.20 bits per heavy atom. The van der Waals surface area contributed by atoms with E-state index in [0.29, 0.717) is 11.8 Å². The van der Waals surface area contributed by atoms with Crippen LogP contribution in [0, 0.1) is 23.2 Å². The summed E-state index contributed by atoms with van der Waals surface area (Å²) in [5.74, 6) is 1.09. The molecule has 0 aromatic rings. The topological polar surface area (TPSA) is 49.8 Å². The molecule has 2 unspecified atom stereocenters. The lowest BCUT2D eigenvalue weighted by molar-refractivity contribution is 0.922. The van der Waals surface area contributed by atoms with E-state index in [2.05, 4.69) is 6.07 Å². The highest BCUT2D eigenvalue weighted by molar-refractivity contribution is 5.42. The van der Waals surface area contributed by atoms with E-state index in [9.17, 15) is 0 Å². The van der Waals surface area contributed by atoms with E-state index in [1.807, 2.05) is 6.08 Å². The lowest BCUT2D eigenvalue weighted by atomic mass is 10.0. The Kier molecular flexibility index (Phi) is 0.906. The standard InChI is InChI=1S/C8H8N2/c9-4-6-2-7(10)1-5-3-8(5)6/h1-2,5,8H,3,10H2. The first-order valence-corrected chi connectivity index (χ1v) is 3.40. The summed E-state index contributed by atoms with van der Waals surface area (Å²) in [6.45, 7) is 0. The molecule has 1 saturated carbocycles. The second-order valence-electron chi connectivity index (χ2n) is 2.88.